The van der Waals surface area contributed by atoms with Gasteiger partial charge in [-0.2, -0.15) is 25.6 Å². The molecule has 6 nitrogen and oxygen atoms in total. The van der Waals surface area contributed by atoms with Crippen LogP contribution in [-0.2, 0) is 20.0 Å². The fraction of sp³-hybridized carbons (Fsp3) is 0.100. The summed E-state index contributed by atoms with van der Waals surface area (Å²) in [5.41, 5.74) is 1.91. The van der Waals surface area contributed by atoms with E-state index < -0.39 is 20.0 Å². The topological polar surface area (TPSA) is 93.0 Å². The molecule has 0 aromatic heterocycles. The molecule has 3 rings (SSSR count). The van der Waals surface area contributed by atoms with Gasteiger partial charge in [0.2, 0.25) is 0 Å². The van der Waals surface area contributed by atoms with Crippen molar-refractivity contribution in [3.63, 3.8) is 0 Å². The highest BCUT2D eigenvalue weighted by atomic mass is 35.5. The molecular weight excluding hydrogens is 432 g/mol. The number of rotatable bonds is 4. The van der Waals surface area contributed by atoms with Gasteiger partial charge in [-0.25, -0.2) is 0 Å². The number of hydrogen-bond acceptors (Lipinski definition) is 4. The Morgan fingerprint density at radius 2 is 1.14 bits per heavy atom. The molecule has 0 spiro atoms. The van der Waals surface area contributed by atoms with Crippen molar-refractivity contribution in [2.24, 2.45) is 8.80 Å². The van der Waals surface area contributed by atoms with Crippen molar-refractivity contribution < 1.29 is 16.8 Å². The van der Waals surface area contributed by atoms with E-state index in [4.69, 9.17) is 11.6 Å². The molecule has 150 valence electrons. The van der Waals surface area contributed by atoms with Gasteiger partial charge < -0.3 is 0 Å². The molecule has 0 amide bonds. The normalized spacial score (nSPS) is 17.6. The van der Waals surface area contributed by atoms with E-state index in [2.05, 4.69) is 8.80 Å². The van der Waals surface area contributed by atoms with Crippen molar-refractivity contribution in [1.82, 2.24) is 0 Å². The standard InChI is InChI=1S/C20H17ClN2O4S2/c1-14-3-8-17(9-4-14)28(24,25)22-16-7-12-20(19(21)13-16)23-29(26,27)18-10-5-15(2)6-11-18/h3-13H,1-2H3/b22-16-,23-20-. The summed E-state index contributed by atoms with van der Waals surface area (Å²) in [5.74, 6) is 0. The molecule has 0 saturated carbocycles. The summed E-state index contributed by atoms with van der Waals surface area (Å²) >= 11 is 6.13. The van der Waals surface area contributed by atoms with E-state index in [0.29, 0.717) is 0 Å². The summed E-state index contributed by atoms with van der Waals surface area (Å²) in [4.78, 5) is 0.0878. The average molecular weight is 449 g/mol. The highest BCUT2D eigenvalue weighted by Gasteiger charge is 2.18. The zero-order chi connectivity index (χ0) is 21.2. The van der Waals surface area contributed by atoms with Crippen LogP contribution in [0.25, 0.3) is 0 Å². The molecule has 0 bridgehead atoms. The molecule has 0 aliphatic heterocycles. The summed E-state index contributed by atoms with van der Waals surface area (Å²) < 4.78 is 57.2. The zero-order valence-corrected chi connectivity index (χ0v) is 18.0. The van der Waals surface area contributed by atoms with Crippen LogP contribution in [0.2, 0.25) is 0 Å². The predicted octanol–water partition coefficient (Wildman–Crippen LogP) is 3.96. The molecule has 2 aromatic rings. The number of sulfonamides is 2. The first-order valence-corrected chi connectivity index (χ1v) is 11.7. The maximum atomic E-state index is 12.4. The van der Waals surface area contributed by atoms with Crippen LogP contribution in [0.4, 0.5) is 0 Å². The quantitative estimate of drug-likeness (QED) is 0.661. The Kier molecular flexibility index (Phi) is 5.88. The molecule has 1 aliphatic carbocycles. The molecule has 0 saturated heterocycles. The second kappa shape index (κ2) is 8.06. The first-order valence-electron chi connectivity index (χ1n) is 8.46. The van der Waals surface area contributed by atoms with E-state index in [0.717, 1.165) is 11.1 Å². The van der Waals surface area contributed by atoms with E-state index >= 15 is 0 Å². The molecule has 0 radical (unpaired) electrons. The summed E-state index contributed by atoms with van der Waals surface area (Å²) in [6, 6.07) is 12.5. The summed E-state index contributed by atoms with van der Waals surface area (Å²) in [6.45, 7) is 3.69. The lowest BCUT2D eigenvalue weighted by Crippen LogP contribution is -2.10. The molecule has 9 heteroatoms. The predicted molar refractivity (Wildman–Crippen MR) is 115 cm³/mol. The van der Waals surface area contributed by atoms with Crippen LogP contribution in [0, 0.1) is 13.8 Å². The number of halogens is 1. The zero-order valence-electron chi connectivity index (χ0n) is 15.6. The molecule has 0 fully saturated rings. The lowest BCUT2D eigenvalue weighted by Gasteiger charge is -2.08. The van der Waals surface area contributed by atoms with Crippen LogP contribution in [0.15, 0.2) is 90.4 Å². The van der Waals surface area contributed by atoms with Crippen molar-refractivity contribution in [2.45, 2.75) is 23.6 Å². The fourth-order valence-corrected chi connectivity index (χ4v) is 4.67. The number of hydrogen-bond donors (Lipinski definition) is 0. The second-order valence-corrected chi connectivity index (χ2v) is 10.0. The van der Waals surface area contributed by atoms with Crippen molar-refractivity contribution in [3.8, 4) is 0 Å². The van der Waals surface area contributed by atoms with Gasteiger partial charge in [-0.05, 0) is 56.3 Å². The van der Waals surface area contributed by atoms with Crippen molar-refractivity contribution in [3.05, 3.63) is 82.9 Å². The largest absolute Gasteiger partial charge is 0.282 e. The Labute approximate surface area is 175 Å². The monoisotopic (exact) mass is 448 g/mol. The summed E-state index contributed by atoms with van der Waals surface area (Å²) in [6.07, 6.45) is 3.93. The first-order chi connectivity index (χ1) is 13.6. The maximum Gasteiger partial charge on any atom is 0.282 e. The molecule has 0 atom stereocenters. The van der Waals surface area contributed by atoms with E-state index in [1.54, 1.807) is 24.3 Å². The lowest BCUT2D eigenvalue weighted by molar-refractivity contribution is 0.596. The highest BCUT2D eigenvalue weighted by Crippen LogP contribution is 2.20. The molecule has 1 aliphatic rings. The Hall–Kier alpha value is -2.55. The molecule has 29 heavy (non-hydrogen) atoms. The minimum atomic E-state index is -3.96. The molecule has 0 N–H and O–H groups in total. The van der Waals surface area contributed by atoms with Crippen LogP contribution < -0.4 is 0 Å². The van der Waals surface area contributed by atoms with E-state index in [1.165, 1.54) is 42.5 Å². The van der Waals surface area contributed by atoms with Gasteiger partial charge in [-0.15, -0.1) is 0 Å². The van der Waals surface area contributed by atoms with Gasteiger partial charge in [-0.1, -0.05) is 47.0 Å². The van der Waals surface area contributed by atoms with Crippen molar-refractivity contribution >= 4 is 43.1 Å². The van der Waals surface area contributed by atoms with Crippen LogP contribution in [-0.4, -0.2) is 28.3 Å². The van der Waals surface area contributed by atoms with Crippen LogP contribution in [0.5, 0.6) is 0 Å². The van der Waals surface area contributed by atoms with E-state index in [9.17, 15) is 16.8 Å². The number of allylic oxidation sites excluding steroid dienone is 4. The SMILES string of the molecule is Cc1ccc(S(=O)(=O)/N=C2C=C/C(=N/S(=O)(=O)c3ccc(C)cc3)C(Cl)=C/2)cc1. The smallest absolute Gasteiger partial charge is 0.199 e. The molecule has 0 heterocycles. The van der Waals surface area contributed by atoms with Gasteiger partial charge in [-0.3, -0.25) is 0 Å². The number of aryl methyl sites for hydroxylation is 2. The molecular formula is C20H17ClN2O4S2. The number of nitrogens with zero attached hydrogens (tertiary/aromatic N) is 2. The Bertz CT molecular complexity index is 1270. The van der Waals surface area contributed by atoms with Gasteiger partial charge in [0.1, 0.15) is 0 Å². The fourth-order valence-electron chi connectivity index (χ4n) is 2.42. The highest BCUT2D eigenvalue weighted by molar-refractivity contribution is 7.90. The third-order valence-corrected chi connectivity index (χ3v) is 6.94. The van der Waals surface area contributed by atoms with Gasteiger partial charge in [0.15, 0.2) is 0 Å². The van der Waals surface area contributed by atoms with Crippen LogP contribution >= 0.6 is 11.6 Å². The minimum absolute atomic E-state index is 0.000995. The third kappa shape index (κ3) is 5.09. The minimum Gasteiger partial charge on any atom is -0.199 e. The van der Waals surface area contributed by atoms with Gasteiger partial charge >= 0.3 is 0 Å². The first kappa shape index (κ1) is 21.2. The lowest BCUT2D eigenvalue weighted by atomic mass is 10.1. The number of benzene rings is 2. The second-order valence-electron chi connectivity index (χ2n) is 6.39. The van der Waals surface area contributed by atoms with Crippen molar-refractivity contribution in [2.75, 3.05) is 0 Å². The van der Waals surface area contributed by atoms with Crippen LogP contribution in [0.3, 0.4) is 0 Å². The van der Waals surface area contributed by atoms with Gasteiger partial charge in [0.05, 0.1) is 26.2 Å². The molecule has 0 unspecified atom stereocenters. The van der Waals surface area contributed by atoms with Gasteiger partial charge in [0.25, 0.3) is 20.0 Å². The van der Waals surface area contributed by atoms with Crippen molar-refractivity contribution in [1.29, 1.82) is 0 Å². The molecule has 2 aromatic carbocycles. The van der Waals surface area contributed by atoms with Crippen LogP contribution in [0.1, 0.15) is 11.1 Å². The maximum absolute atomic E-state index is 12.4. The summed E-state index contributed by atoms with van der Waals surface area (Å²) in [5, 5.41) is -0.0268. The Balaban J connectivity index is 1.90. The van der Waals surface area contributed by atoms with E-state index in [1.807, 2.05) is 13.8 Å². The Morgan fingerprint density at radius 3 is 1.59 bits per heavy atom. The third-order valence-electron chi connectivity index (χ3n) is 4.01. The Morgan fingerprint density at radius 1 is 0.690 bits per heavy atom. The summed E-state index contributed by atoms with van der Waals surface area (Å²) in [7, 11) is -7.88. The van der Waals surface area contributed by atoms with Gasteiger partial charge in [0, 0.05) is 0 Å². The van der Waals surface area contributed by atoms with E-state index in [-0.39, 0.29) is 26.2 Å². The average Bonchev–Trinajstić information content (AvgIpc) is 2.64.